The summed E-state index contributed by atoms with van der Waals surface area (Å²) in [4.78, 5) is 0. The van der Waals surface area contributed by atoms with E-state index in [1.165, 1.54) is 13.7 Å². The van der Waals surface area contributed by atoms with E-state index in [9.17, 15) is 0 Å². The first-order valence-electron chi connectivity index (χ1n) is 3.95. The predicted molar refractivity (Wildman–Crippen MR) is 71.6 cm³/mol. The van der Waals surface area contributed by atoms with Crippen molar-refractivity contribution in [2.75, 3.05) is 0 Å². The Morgan fingerprint density at radius 3 is 3.00 bits per heavy atom. The van der Waals surface area contributed by atoms with E-state index in [0.717, 1.165) is 9.35 Å². The quantitative estimate of drug-likeness (QED) is 0.678. The van der Waals surface area contributed by atoms with Crippen molar-refractivity contribution in [3.63, 3.8) is 0 Å². The Bertz CT molecular complexity index is 527. The van der Waals surface area contributed by atoms with Gasteiger partial charge in [-0.1, -0.05) is 0 Å². The van der Waals surface area contributed by atoms with Gasteiger partial charge in [-0.05, 0) is 67.7 Å². The smallest absolute Gasteiger partial charge is 0.0711 e. The van der Waals surface area contributed by atoms with Gasteiger partial charge in [-0.15, -0.1) is 11.3 Å². The van der Waals surface area contributed by atoms with Gasteiger partial charge in [-0.25, -0.2) is 0 Å². The van der Waals surface area contributed by atoms with E-state index in [1.807, 2.05) is 0 Å². The zero-order valence-electron chi connectivity index (χ0n) is 7.05. The molecule has 0 radical (unpaired) electrons. The molecule has 1 nitrogen and oxygen atoms in total. The second-order valence-corrected chi connectivity index (χ2v) is 6.45. The SMILES string of the molecule is N#CCc1c(I)ccc2sc(Br)cc12. The summed E-state index contributed by atoms with van der Waals surface area (Å²) in [6.45, 7) is 0. The number of hydrogen-bond donors (Lipinski definition) is 0. The molecule has 0 saturated carbocycles. The number of thiophene rings is 1. The number of nitrogens with zero attached hydrogens (tertiary/aromatic N) is 1. The van der Waals surface area contributed by atoms with Crippen molar-refractivity contribution in [2.45, 2.75) is 6.42 Å². The molecule has 0 N–H and O–H groups in total. The molecule has 0 bridgehead atoms. The van der Waals surface area contributed by atoms with Crippen LogP contribution in [0.2, 0.25) is 0 Å². The number of benzene rings is 1. The summed E-state index contributed by atoms with van der Waals surface area (Å²) in [6.07, 6.45) is 0.485. The maximum absolute atomic E-state index is 8.75. The lowest BCUT2D eigenvalue weighted by Gasteiger charge is -2.00. The molecule has 0 aliphatic rings. The first-order valence-corrected chi connectivity index (χ1v) is 6.64. The van der Waals surface area contributed by atoms with Gasteiger partial charge in [-0.3, -0.25) is 0 Å². The number of rotatable bonds is 1. The predicted octanol–water partition coefficient (Wildman–Crippen LogP) is 4.33. The van der Waals surface area contributed by atoms with Crippen LogP contribution in [-0.4, -0.2) is 0 Å². The monoisotopic (exact) mass is 377 g/mol. The zero-order valence-corrected chi connectivity index (χ0v) is 11.6. The van der Waals surface area contributed by atoms with E-state index in [4.69, 9.17) is 5.26 Å². The summed E-state index contributed by atoms with van der Waals surface area (Å²) in [6, 6.07) is 8.48. The van der Waals surface area contributed by atoms with Gasteiger partial charge in [0.1, 0.15) is 0 Å². The van der Waals surface area contributed by atoms with Crippen LogP contribution in [0.5, 0.6) is 0 Å². The summed E-state index contributed by atoms with van der Waals surface area (Å²) >= 11 is 7.45. The van der Waals surface area contributed by atoms with E-state index in [2.05, 4.69) is 62.8 Å². The van der Waals surface area contributed by atoms with Crippen LogP contribution in [0.25, 0.3) is 10.1 Å². The van der Waals surface area contributed by atoms with Gasteiger partial charge < -0.3 is 0 Å². The zero-order chi connectivity index (χ0) is 10.1. The highest BCUT2D eigenvalue weighted by atomic mass is 127. The summed E-state index contributed by atoms with van der Waals surface area (Å²) < 4.78 is 3.53. The van der Waals surface area contributed by atoms with E-state index < -0.39 is 0 Å². The molecule has 14 heavy (non-hydrogen) atoms. The molecule has 1 heterocycles. The number of halogens is 2. The van der Waals surface area contributed by atoms with Crippen molar-refractivity contribution in [3.8, 4) is 6.07 Å². The molecule has 0 amide bonds. The van der Waals surface area contributed by atoms with Gasteiger partial charge >= 0.3 is 0 Å². The molecule has 2 rings (SSSR count). The molecule has 0 fully saturated rings. The Labute approximate surface area is 108 Å². The molecule has 70 valence electrons. The molecule has 4 heteroatoms. The molecule has 0 aliphatic heterocycles. The van der Waals surface area contributed by atoms with E-state index in [0.29, 0.717) is 6.42 Å². The van der Waals surface area contributed by atoms with E-state index in [-0.39, 0.29) is 0 Å². The van der Waals surface area contributed by atoms with Crippen LogP contribution in [0, 0.1) is 14.9 Å². The van der Waals surface area contributed by atoms with Crippen molar-refractivity contribution in [3.05, 3.63) is 31.1 Å². The minimum atomic E-state index is 0.485. The van der Waals surface area contributed by atoms with Crippen LogP contribution in [0.1, 0.15) is 5.56 Å². The highest BCUT2D eigenvalue weighted by Crippen LogP contribution is 2.33. The van der Waals surface area contributed by atoms with E-state index >= 15 is 0 Å². The third-order valence-electron chi connectivity index (χ3n) is 1.98. The molecule has 0 saturated heterocycles. The molecule has 0 atom stereocenters. The normalized spacial score (nSPS) is 10.4. The molecular formula is C10H5BrINS. The summed E-state index contributed by atoms with van der Waals surface area (Å²) in [5.41, 5.74) is 1.15. The van der Waals surface area contributed by atoms with Gasteiger partial charge in [-0.2, -0.15) is 5.26 Å². The molecule has 1 aromatic heterocycles. The van der Waals surface area contributed by atoms with Crippen molar-refractivity contribution in [1.82, 2.24) is 0 Å². The molecular weight excluding hydrogens is 373 g/mol. The Balaban J connectivity index is 2.76. The maximum atomic E-state index is 8.75. The second kappa shape index (κ2) is 4.17. The highest BCUT2D eigenvalue weighted by Gasteiger charge is 2.08. The Morgan fingerprint density at radius 2 is 2.29 bits per heavy atom. The number of fused-ring (bicyclic) bond motifs is 1. The van der Waals surface area contributed by atoms with Crippen LogP contribution in [0.4, 0.5) is 0 Å². The standard InChI is InChI=1S/C10H5BrINS/c11-10-5-7-6(3-4-13)8(12)1-2-9(7)14-10/h1-2,5H,3H2. The van der Waals surface area contributed by atoms with Crippen LogP contribution in [-0.2, 0) is 6.42 Å². The third kappa shape index (κ3) is 1.81. The van der Waals surface area contributed by atoms with Crippen LogP contribution >= 0.6 is 49.9 Å². The summed E-state index contributed by atoms with van der Waals surface area (Å²) in [5, 5.41) is 9.95. The van der Waals surface area contributed by atoms with Gasteiger partial charge in [0, 0.05) is 8.27 Å². The van der Waals surface area contributed by atoms with Crippen molar-refractivity contribution in [2.24, 2.45) is 0 Å². The fourth-order valence-electron chi connectivity index (χ4n) is 1.37. The Kier molecular flexibility index (Phi) is 3.10. The lowest BCUT2D eigenvalue weighted by Crippen LogP contribution is -1.86. The summed E-state index contributed by atoms with van der Waals surface area (Å²) in [5.74, 6) is 0. The molecule has 0 unspecified atom stereocenters. The van der Waals surface area contributed by atoms with Gasteiger partial charge in [0.25, 0.3) is 0 Å². The number of nitriles is 1. The van der Waals surface area contributed by atoms with Gasteiger partial charge in [0.15, 0.2) is 0 Å². The lowest BCUT2D eigenvalue weighted by atomic mass is 10.1. The van der Waals surface area contributed by atoms with Crippen molar-refractivity contribution in [1.29, 1.82) is 5.26 Å². The minimum Gasteiger partial charge on any atom is -0.198 e. The van der Waals surface area contributed by atoms with Gasteiger partial charge in [0.05, 0.1) is 16.3 Å². The minimum absolute atomic E-state index is 0.485. The maximum Gasteiger partial charge on any atom is 0.0711 e. The third-order valence-corrected chi connectivity index (χ3v) is 4.59. The Hall–Kier alpha value is -0.120. The number of hydrogen-bond acceptors (Lipinski definition) is 2. The van der Waals surface area contributed by atoms with Crippen molar-refractivity contribution < 1.29 is 0 Å². The average Bonchev–Trinajstić information content (AvgIpc) is 2.51. The first kappa shape index (κ1) is 10.4. The van der Waals surface area contributed by atoms with Crippen molar-refractivity contribution >= 4 is 59.9 Å². The molecule has 0 aliphatic carbocycles. The van der Waals surface area contributed by atoms with Gasteiger partial charge in [0.2, 0.25) is 0 Å². The molecule has 2 aromatic rings. The van der Waals surface area contributed by atoms with Crippen LogP contribution in [0.15, 0.2) is 22.0 Å². The fraction of sp³-hybridized carbons (Fsp3) is 0.100. The topological polar surface area (TPSA) is 23.8 Å². The second-order valence-electron chi connectivity index (χ2n) is 2.82. The first-order chi connectivity index (χ1) is 6.72. The lowest BCUT2D eigenvalue weighted by molar-refractivity contribution is 1.27. The fourth-order valence-corrected chi connectivity index (χ4v) is 3.60. The largest absolute Gasteiger partial charge is 0.198 e. The highest BCUT2D eigenvalue weighted by molar-refractivity contribution is 14.1. The summed E-state index contributed by atoms with van der Waals surface area (Å²) in [7, 11) is 0. The average molecular weight is 378 g/mol. The van der Waals surface area contributed by atoms with Crippen LogP contribution in [0.3, 0.4) is 0 Å². The van der Waals surface area contributed by atoms with E-state index in [1.54, 1.807) is 11.3 Å². The molecule has 1 aromatic carbocycles. The molecule has 0 spiro atoms. The van der Waals surface area contributed by atoms with Crippen LogP contribution < -0.4 is 0 Å². The Morgan fingerprint density at radius 1 is 1.50 bits per heavy atom.